The molecule has 4 fully saturated rings. The minimum Gasteiger partial charge on any atom is -0.493 e. The first-order valence-corrected chi connectivity index (χ1v) is 33.4. The number of piperidine rings is 2. The Balaban J connectivity index is 0.610. The molecule has 6 heterocycles. The molecule has 26 heteroatoms. The number of anilines is 2. The number of likely N-dealkylation sites (tertiary alicyclic amines) is 3. The van der Waals surface area contributed by atoms with Crippen LogP contribution in [0.4, 0.5) is 20.5 Å². The van der Waals surface area contributed by atoms with Crippen LogP contribution in [-0.4, -0.2) is 234 Å². The van der Waals surface area contributed by atoms with E-state index in [0.29, 0.717) is 94.8 Å². The summed E-state index contributed by atoms with van der Waals surface area (Å²) in [7, 11) is 1.62. The predicted octanol–water partition coefficient (Wildman–Crippen LogP) is 6.23. The number of carbonyl (C=O) groups is 4. The van der Waals surface area contributed by atoms with E-state index in [9.17, 15) is 33.1 Å². The highest BCUT2D eigenvalue weighted by atomic mass is 32.1. The summed E-state index contributed by atoms with van der Waals surface area (Å²) in [5, 5.41) is 23.8. The highest BCUT2D eigenvalue weighted by Gasteiger charge is 2.44. The zero-order valence-electron chi connectivity index (χ0n) is 53.9. The van der Waals surface area contributed by atoms with Crippen molar-refractivity contribution in [2.75, 3.05) is 155 Å². The number of aryl methyl sites for hydroxylation is 1. The molecule has 3 atom stereocenters. The number of methoxy groups -OCH3 is 1. The van der Waals surface area contributed by atoms with Gasteiger partial charge in [0.25, 0.3) is 5.92 Å². The third-order valence-corrected chi connectivity index (χ3v) is 17.8. The van der Waals surface area contributed by atoms with Crippen molar-refractivity contribution < 1.29 is 66.2 Å². The molecular weight excluding hydrogens is 1200 g/mol. The lowest BCUT2D eigenvalue weighted by molar-refractivity contribution is -0.144. The highest BCUT2D eigenvalue weighted by Crippen LogP contribution is 2.38. The molecule has 4 saturated heterocycles. The number of alkyl halides is 2. The number of halogens is 2. The largest absolute Gasteiger partial charge is 0.493 e. The van der Waals surface area contributed by atoms with Crippen LogP contribution in [0, 0.1) is 12.3 Å². The van der Waals surface area contributed by atoms with Gasteiger partial charge in [0.15, 0.2) is 11.5 Å². The molecule has 2 aromatic heterocycles. The first-order chi connectivity index (χ1) is 43.9. The minimum atomic E-state index is -2.69. The highest BCUT2D eigenvalue weighted by molar-refractivity contribution is 7.13. The van der Waals surface area contributed by atoms with Crippen LogP contribution in [0.3, 0.4) is 0 Å². The first kappa shape index (κ1) is 70.9. The van der Waals surface area contributed by atoms with E-state index in [-0.39, 0.29) is 95.3 Å². The number of benzene rings is 2. The van der Waals surface area contributed by atoms with Gasteiger partial charge in [-0.15, -0.1) is 11.3 Å². The molecule has 23 nitrogen and oxygen atoms in total. The molecule has 0 radical (unpaired) electrons. The number of nitrogens with one attached hydrogen (secondary N) is 4. The molecule has 2 aromatic carbocycles. The number of aromatic nitrogens is 3. The number of carbonyl (C=O) groups excluding carboxylic acids is 4. The van der Waals surface area contributed by atoms with Crippen molar-refractivity contribution in [3.8, 4) is 21.9 Å². The summed E-state index contributed by atoms with van der Waals surface area (Å²) < 4.78 is 68.4. The lowest BCUT2D eigenvalue weighted by Crippen LogP contribution is -2.57. The molecule has 0 spiro atoms. The summed E-state index contributed by atoms with van der Waals surface area (Å²) >= 11 is 1.57. The van der Waals surface area contributed by atoms with Gasteiger partial charge < -0.3 is 79.1 Å². The molecule has 0 saturated carbocycles. The smallest absolute Gasteiger partial charge is 0.251 e. The van der Waals surface area contributed by atoms with E-state index in [1.807, 2.05) is 74.5 Å². The van der Waals surface area contributed by atoms with Crippen molar-refractivity contribution in [3.05, 3.63) is 53.2 Å². The average Bonchev–Trinajstić information content (AvgIpc) is 1.07. The van der Waals surface area contributed by atoms with Crippen LogP contribution in [0.2, 0.25) is 0 Å². The van der Waals surface area contributed by atoms with Crippen LogP contribution >= 0.6 is 11.3 Å². The predicted molar refractivity (Wildman–Crippen MR) is 344 cm³/mol. The van der Waals surface area contributed by atoms with E-state index >= 15 is 0 Å². The Hall–Kier alpha value is -5.97. The molecule has 4 aliphatic rings. The number of hydrogen-bond donors (Lipinski definition) is 5. The number of rotatable bonds is 37. The number of hydrogen-bond acceptors (Lipinski definition) is 20. The van der Waals surface area contributed by atoms with Gasteiger partial charge in [-0.3, -0.25) is 19.2 Å². The second-order valence-corrected chi connectivity index (χ2v) is 25.8. The first-order valence-electron chi connectivity index (χ1n) is 32.5. The van der Waals surface area contributed by atoms with Crippen LogP contribution < -0.4 is 35.6 Å². The monoisotopic (exact) mass is 1290 g/mol. The molecule has 91 heavy (non-hydrogen) atoms. The van der Waals surface area contributed by atoms with Gasteiger partial charge in [0, 0.05) is 102 Å². The van der Waals surface area contributed by atoms with Crippen LogP contribution in [0.25, 0.3) is 21.3 Å². The average molecular weight is 1290 g/mol. The topological polar surface area (TPSA) is 253 Å². The lowest BCUT2D eigenvalue weighted by Gasteiger charge is -2.35. The number of β-amino-alcohol motifs (C(OH)–C–C–N with tert-alkyl or cyclic N) is 1. The van der Waals surface area contributed by atoms with Crippen molar-refractivity contribution in [2.24, 2.45) is 5.41 Å². The van der Waals surface area contributed by atoms with Crippen molar-refractivity contribution in [2.45, 2.75) is 135 Å². The fourth-order valence-corrected chi connectivity index (χ4v) is 12.4. The van der Waals surface area contributed by atoms with Crippen LogP contribution in [0.1, 0.15) is 103 Å². The second kappa shape index (κ2) is 35.9. The van der Waals surface area contributed by atoms with E-state index in [4.69, 9.17) is 43.1 Å². The van der Waals surface area contributed by atoms with Gasteiger partial charge in [0.1, 0.15) is 17.9 Å². The third-order valence-electron chi connectivity index (χ3n) is 16.9. The molecular formula is C65H97F2N11O12S. The van der Waals surface area contributed by atoms with Crippen molar-refractivity contribution in [3.63, 3.8) is 0 Å². The van der Waals surface area contributed by atoms with Crippen LogP contribution in [0.15, 0.2) is 41.9 Å². The third kappa shape index (κ3) is 22.6. The summed E-state index contributed by atoms with van der Waals surface area (Å²) in [5.41, 5.74) is 4.69. The number of thiazole rings is 1. The van der Waals surface area contributed by atoms with Crippen molar-refractivity contribution in [1.82, 2.24) is 45.6 Å². The van der Waals surface area contributed by atoms with E-state index in [1.54, 1.807) is 18.4 Å². The van der Waals surface area contributed by atoms with Gasteiger partial charge >= 0.3 is 0 Å². The number of nitrogens with zero attached hydrogens (tertiary/aromatic N) is 7. The van der Waals surface area contributed by atoms with Crippen molar-refractivity contribution >= 4 is 57.6 Å². The molecule has 4 aromatic rings. The van der Waals surface area contributed by atoms with Gasteiger partial charge in [-0.05, 0) is 87.7 Å². The number of aliphatic hydroxyl groups excluding tert-OH is 1. The molecule has 504 valence electrons. The Morgan fingerprint density at radius 2 is 1.37 bits per heavy atom. The summed E-state index contributed by atoms with van der Waals surface area (Å²) in [4.78, 5) is 76.3. The van der Waals surface area contributed by atoms with E-state index < -0.39 is 35.4 Å². The van der Waals surface area contributed by atoms with E-state index in [0.717, 1.165) is 92.0 Å². The van der Waals surface area contributed by atoms with Crippen molar-refractivity contribution in [1.29, 1.82) is 0 Å². The summed E-state index contributed by atoms with van der Waals surface area (Å²) in [6.07, 6.45) is 4.99. The maximum Gasteiger partial charge on any atom is 0.251 e. The Bertz CT molecular complexity index is 2900. The zero-order valence-corrected chi connectivity index (χ0v) is 54.7. The molecule has 4 amide bonds. The lowest BCUT2D eigenvalue weighted by atomic mass is 9.85. The van der Waals surface area contributed by atoms with Gasteiger partial charge in [0.2, 0.25) is 29.6 Å². The SMILES string of the molecule is COc1cc2c(NC3CCN(CCCNC(=O)CCOCCOCCOCCOCCOCCC(=O)N[C@H](C(=O)N4C[C@H](O)C[C@H]4C(=O)NCc4ccc(-c5scnc5C)cc4)C(C)(C)C)CC3)nc(N3CCC(F)(F)CC3)nc2cc1OCCCN1CCCC1. The molecule has 4 aliphatic heterocycles. The maximum absolute atomic E-state index is 14.2. The van der Waals surface area contributed by atoms with Gasteiger partial charge in [-0.1, -0.05) is 45.0 Å². The van der Waals surface area contributed by atoms with E-state index in [1.165, 1.54) is 17.7 Å². The minimum absolute atomic E-state index is 0.0136. The molecule has 0 bridgehead atoms. The fourth-order valence-electron chi connectivity index (χ4n) is 11.6. The molecule has 0 aliphatic carbocycles. The Labute approximate surface area is 538 Å². The Morgan fingerprint density at radius 1 is 0.758 bits per heavy atom. The fraction of sp³-hybridized carbons (Fsp3) is 0.677. The molecule has 8 rings (SSSR count). The number of fused-ring (bicyclic) bond motifs is 1. The molecule has 5 N–H and O–H groups in total. The van der Waals surface area contributed by atoms with Gasteiger partial charge in [0.05, 0.1) is 107 Å². The quantitative estimate of drug-likeness (QED) is 0.0314. The standard InChI is InChI=1S/C65H97F2N11O12S/c1-46-58(91-45-70-46)48-12-10-47(11-13-48)43-69-61(82)53-40-50(79)44-78(53)62(83)59(64(2,3)4)73-57(81)17-31-86-33-35-88-37-39-89-38-36-87-34-32-85-30-16-56(80)68-20-8-23-76-25-14-49(15-26-76)71-60-51-41-54(84-5)55(90-29-9-24-75-21-6-7-22-75)42-52(51)72-63(74-60)77-27-18-65(66,67)19-28-77/h10-13,41-42,45,49-50,53,59,79H,6-9,14-40,43-44H2,1-5H3,(H,68,80)(H,69,82)(H,73,81)(H,71,72,74)/t50-,53+,59-/m1/s1. The van der Waals surface area contributed by atoms with Crippen LogP contribution in [0.5, 0.6) is 11.5 Å². The van der Waals surface area contributed by atoms with E-state index in [2.05, 4.69) is 36.1 Å². The number of aliphatic hydroxyl groups is 1. The number of amides is 4. The molecule has 0 unspecified atom stereocenters. The second-order valence-electron chi connectivity index (χ2n) is 25.0. The zero-order chi connectivity index (χ0) is 64.6. The van der Waals surface area contributed by atoms with Crippen LogP contribution in [-0.2, 0) is 49.4 Å². The Morgan fingerprint density at radius 3 is 1.99 bits per heavy atom. The van der Waals surface area contributed by atoms with Gasteiger partial charge in [-0.25, -0.2) is 18.7 Å². The summed E-state index contributed by atoms with van der Waals surface area (Å²) in [5.74, 6) is -1.64. The van der Waals surface area contributed by atoms with Gasteiger partial charge in [-0.2, -0.15) is 4.98 Å². The number of ether oxygens (including phenoxy) is 7. The normalized spacial score (nSPS) is 18.6. The summed E-state index contributed by atoms with van der Waals surface area (Å²) in [6, 6.07) is 9.98. The summed E-state index contributed by atoms with van der Waals surface area (Å²) in [6.45, 7) is 18.2. The maximum atomic E-state index is 14.2. The Kier molecular flexibility index (Phi) is 28.0.